The van der Waals surface area contributed by atoms with E-state index in [0.717, 1.165) is 0 Å². The Labute approximate surface area is 99.7 Å². The van der Waals surface area contributed by atoms with Crippen LogP contribution in [-0.4, -0.2) is 32.9 Å². The molecular weight excluding hydrogens is 225 g/mol. The first kappa shape index (κ1) is 13.4. The van der Waals surface area contributed by atoms with E-state index >= 15 is 0 Å². The van der Waals surface area contributed by atoms with Gasteiger partial charge in [0.1, 0.15) is 19.0 Å². The highest BCUT2D eigenvalue weighted by Gasteiger charge is 2.02. The predicted octanol–water partition coefficient (Wildman–Crippen LogP) is 2.01. The van der Waals surface area contributed by atoms with Crippen molar-refractivity contribution in [2.75, 3.05) is 32.3 Å². The Kier molecular flexibility index (Phi) is 6.03. The highest BCUT2D eigenvalue weighted by molar-refractivity contribution is 5.90. The molecule has 1 aromatic carbocycles. The predicted molar refractivity (Wildman–Crippen MR) is 63.0 cm³/mol. The Bertz CT molecular complexity index is 340. The van der Waals surface area contributed by atoms with Crippen molar-refractivity contribution < 1.29 is 18.7 Å². The van der Waals surface area contributed by atoms with E-state index in [2.05, 4.69) is 5.32 Å². The normalized spacial score (nSPS) is 10.0. The topological polar surface area (TPSA) is 47.6 Å². The van der Waals surface area contributed by atoms with Crippen LogP contribution in [0.5, 0.6) is 5.75 Å². The molecule has 5 heteroatoms. The maximum absolute atomic E-state index is 11.9. The Morgan fingerprint density at radius 2 is 2.00 bits per heavy atom. The molecule has 0 unspecified atom stereocenters. The summed E-state index contributed by atoms with van der Waals surface area (Å²) in [5.41, 5.74) is 0.679. The van der Waals surface area contributed by atoms with Crippen LogP contribution in [0.2, 0.25) is 0 Å². The lowest BCUT2D eigenvalue weighted by Gasteiger charge is -2.07. The lowest BCUT2D eigenvalue weighted by Crippen LogP contribution is -2.13. The van der Waals surface area contributed by atoms with Gasteiger partial charge >= 0.3 is 0 Å². The zero-order valence-corrected chi connectivity index (χ0v) is 9.74. The number of carbonyl (C=O) groups is 1. The van der Waals surface area contributed by atoms with Gasteiger partial charge in [-0.1, -0.05) is 0 Å². The van der Waals surface area contributed by atoms with Crippen LogP contribution in [0.15, 0.2) is 24.3 Å². The first-order valence-corrected chi connectivity index (χ1v) is 5.34. The molecule has 1 N–H and O–H groups in total. The molecule has 0 saturated heterocycles. The van der Waals surface area contributed by atoms with E-state index in [1.54, 1.807) is 31.4 Å². The summed E-state index contributed by atoms with van der Waals surface area (Å²) < 4.78 is 21.7. The van der Waals surface area contributed by atoms with Gasteiger partial charge in [-0.25, -0.2) is 4.39 Å². The van der Waals surface area contributed by atoms with Crippen LogP contribution in [0.1, 0.15) is 6.42 Å². The number of amides is 1. The van der Waals surface area contributed by atoms with Gasteiger partial charge < -0.3 is 14.8 Å². The smallest absolute Gasteiger partial charge is 0.226 e. The molecule has 0 aromatic heterocycles. The maximum atomic E-state index is 11.9. The third-order valence-corrected chi connectivity index (χ3v) is 2.02. The number of anilines is 1. The number of benzene rings is 1. The number of hydrogen-bond donors (Lipinski definition) is 1. The Morgan fingerprint density at radius 3 is 2.59 bits per heavy atom. The Balaban J connectivity index is 2.42. The van der Waals surface area contributed by atoms with E-state index in [9.17, 15) is 9.18 Å². The maximum Gasteiger partial charge on any atom is 0.226 e. The Hall–Kier alpha value is -1.62. The van der Waals surface area contributed by atoms with Crippen molar-refractivity contribution in [2.45, 2.75) is 6.42 Å². The molecule has 94 valence electrons. The van der Waals surface area contributed by atoms with Crippen molar-refractivity contribution in [3.8, 4) is 5.75 Å². The number of nitrogens with one attached hydrogen (secondary N) is 1. The molecule has 0 aliphatic rings. The summed E-state index contributed by atoms with van der Waals surface area (Å²) in [7, 11) is 1.55. The zero-order chi connectivity index (χ0) is 12.5. The number of ether oxygens (including phenoxy) is 2. The van der Waals surface area contributed by atoms with Crippen LogP contribution < -0.4 is 10.1 Å². The van der Waals surface area contributed by atoms with Gasteiger partial charge in [-0.05, 0) is 24.3 Å². The Morgan fingerprint density at radius 1 is 1.29 bits per heavy atom. The van der Waals surface area contributed by atoms with Crippen LogP contribution in [0, 0.1) is 0 Å². The van der Waals surface area contributed by atoms with Gasteiger partial charge in [-0.3, -0.25) is 4.79 Å². The van der Waals surface area contributed by atoms with E-state index in [-0.39, 0.29) is 12.5 Å². The zero-order valence-electron chi connectivity index (χ0n) is 9.74. The van der Waals surface area contributed by atoms with Crippen LogP contribution in [0.3, 0.4) is 0 Å². The second-order valence-corrected chi connectivity index (χ2v) is 3.35. The van der Waals surface area contributed by atoms with Crippen LogP contribution in [-0.2, 0) is 9.53 Å². The van der Waals surface area contributed by atoms with Crippen molar-refractivity contribution in [1.82, 2.24) is 0 Å². The third-order valence-electron chi connectivity index (χ3n) is 2.02. The van der Waals surface area contributed by atoms with Crippen LogP contribution >= 0.6 is 0 Å². The monoisotopic (exact) mass is 241 g/mol. The van der Waals surface area contributed by atoms with Crippen molar-refractivity contribution >= 4 is 11.6 Å². The van der Waals surface area contributed by atoms with Gasteiger partial charge in [0.15, 0.2) is 0 Å². The molecule has 0 spiro atoms. The van der Waals surface area contributed by atoms with Crippen molar-refractivity contribution in [3.63, 3.8) is 0 Å². The molecule has 0 aliphatic heterocycles. The minimum Gasteiger partial charge on any atom is -0.491 e. The molecule has 0 bridgehead atoms. The third kappa shape index (κ3) is 5.31. The van der Waals surface area contributed by atoms with Crippen LogP contribution in [0.25, 0.3) is 0 Å². The van der Waals surface area contributed by atoms with Crippen molar-refractivity contribution in [1.29, 1.82) is 0 Å². The summed E-state index contributed by atoms with van der Waals surface area (Å²) in [6.07, 6.45) is 0.316. The quantitative estimate of drug-likeness (QED) is 0.794. The van der Waals surface area contributed by atoms with Gasteiger partial charge in [0.05, 0.1) is 13.0 Å². The lowest BCUT2D eigenvalue weighted by atomic mass is 10.3. The fourth-order valence-electron chi connectivity index (χ4n) is 1.21. The molecule has 1 rings (SSSR count). The van der Waals surface area contributed by atoms with E-state index in [4.69, 9.17) is 9.47 Å². The summed E-state index contributed by atoms with van der Waals surface area (Å²) in [5, 5.41) is 2.71. The molecule has 4 nitrogen and oxygen atoms in total. The van der Waals surface area contributed by atoms with E-state index in [0.29, 0.717) is 24.5 Å². The molecular formula is C12H16FNO3. The summed E-state index contributed by atoms with van der Waals surface area (Å²) >= 11 is 0. The number of rotatable bonds is 7. The van der Waals surface area contributed by atoms with Gasteiger partial charge in [0, 0.05) is 12.8 Å². The van der Waals surface area contributed by atoms with E-state index in [1.165, 1.54) is 0 Å². The van der Waals surface area contributed by atoms with E-state index in [1.807, 2.05) is 0 Å². The van der Waals surface area contributed by atoms with Gasteiger partial charge in [-0.15, -0.1) is 0 Å². The average molecular weight is 241 g/mol. The van der Waals surface area contributed by atoms with Gasteiger partial charge in [0.2, 0.25) is 5.91 Å². The number of halogens is 1. The van der Waals surface area contributed by atoms with Crippen molar-refractivity contribution in [3.05, 3.63) is 24.3 Å². The van der Waals surface area contributed by atoms with Gasteiger partial charge in [0.25, 0.3) is 0 Å². The van der Waals surface area contributed by atoms with E-state index < -0.39 is 6.67 Å². The number of hydrogen-bond acceptors (Lipinski definition) is 3. The molecule has 0 atom stereocenters. The number of alkyl halides is 1. The fourth-order valence-corrected chi connectivity index (χ4v) is 1.21. The summed E-state index contributed by atoms with van der Waals surface area (Å²) in [4.78, 5) is 11.4. The summed E-state index contributed by atoms with van der Waals surface area (Å²) in [6, 6.07) is 6.78. The summed E-state index contributed by atoms with van der Waals surface area (Å²) in [6.45, 7) is -0.0847. The molecule has 0 heterocycles. The minimum absolute atomic E-state index is 0.0412. The SMILES string of the molecule is COCCC(=O)Nc1ccc(OCCF)cc1. The molecule has 1 aromatic rings. The number of methoxy groups -OCH3 is 1. The first-order valence-electron chi connectivity index (χ1n) is 5.34. The molecule has 0 saturated carbocycles. The average Bonchev–Trinajstić information content (AvgIpc) is 2.35. The minimum atomic E-state index is -0.518. The fraction of sp³-hybridized carbons (Fsp3) is 0.417. The second-order valence-electron chi connectivity index (χ2n) is 3.35. The first-order chi connectivity index (χ1) is 8.26. The largest absolute Gasteiger partial charge is 0.491 e. The molecule has 1 amide bonds. The molecule has 0 fully saturated rings. The number of carbonyl (C=O) groups excluding carboxylic acids is 1. The molecule has 0 aliphatic carbocycles. The standard InChI is InChI=1S/C12H16FNO3/c1-16-8-6-12(15)14-10-2-4-11(5-3-10)17-9-7-13/h2-5H,6-9H2,1H3,(H,14,15). The van der Waals surface area contributed by atoms with Crippen molar-refractivity contribution in [2.24, 2.45) is 0 Å². The lowest BCUT2D eigenvalue weighted by molar-refractivity contribution is -0.117. The highest BCUT2D eigenvalue weighted by Crippen LogP contribution is 2.15. The summed E-state index contributed by atoms with van der Waals surface area (Å²) in [5.74, 6) is 0.474. The van der Waals surface area contributed by atoms with Crippen LogP contribution in [0.4, 0.5) is 10.1 Å². The second kappa shape index (κ2) is 7.62. The molecule has 17 heavy (non-hydrogen) atoms. The van der Waals surface area contributed by atoms with Gasteiger partial charge in [-0.2, -0.15) is 0 Å². The molecule has 0 radical (unpaired) electrons. The highest BCUT2D eigenvalue weighted by atomic mass is 19.1.